The van der Waals surface area contributed by atoms with Crippen LogP contribution in [0.4, 0.5) is 13.2 Å². The molecule has 0 aliphatic carbocycles. The first-order valence-electron chi connectivity index (χ1n) is 10.6. The van der Waals surface area contributed by atoms with E-state index in [0.717, 1.165) is 16.9 Å². The topological polar surface area (TPSA) is 64.4 Å². The zero-order chi connectivity index (χ0) is 24.8. The number of H-pyrrole nitrogens is 1. The first-order chi connectivity index (χ1) is 16.8. The number of hydrogen-bond acceptors (Lipinski definition) is 5. The Bertz CT molecular complexity index is 1380. The summed E-state index contributed by atoms with van der Waals surface area (Å²) >= 11 is 4.87. The molecule has 0 spiro atoms. The van der Waals surface area contributed by atoms with E-state index in [-0.39, 0.29) is 11.4 Å². The van der Waals surface area contributed by atoms with Crippen molar-refractivity contribution in [3.8, 4) is 11.5 Å². The lowest BCUT2D eigenvalue weighted by molar-refractivity contribution is -0.147. The van der Waals surface area contributed by atoms with Crippen molar-refractivity contribution in [3.05, 3.63) is 106 Å². The predicted molar refractivity (Wildman–Crippen MR) is 128 cm³/mol. The molecule has 3 aromatic carbocycles. The summed E-state index contributed by atoms with van der Waals surface area (Å²) in [6, 6.07) is 22.9. The van der Waals surface area contributed by atoms with Gasteiger partial charge in [-0.05, 0) is 53.2 Å². The molecule has 0 unspecified atom stereocenters. The Labute approximate surface area is 204 Å². The van der Waals surface area contributed by atoms with Gasteiger partial charge in [0, 0.05) is 12.0 Å². The lowest BCUT2D eigenvalue weighted by Crippen LogP contribution is -2.12. The molecule has 0 saturated heterocycles. The van der Waals surface area contributed by atoms with Gasteiger partial charge in [-0.25, -0.2) is 5.10 Å². The van der Waals surface area contributed by atoms with Gasteiger partial charge in [-0.15, -0.1) is 5.10 Å². The SMILES string of the molecule is COc1ccc(C=Nn2c(C(F)(F)F)n[nH]c2=S)cc1COc1ccccc1Cc1ccccc1. The Balaban J connectivity index is 1.55. The standard InChI is InChI=1S/C25H21F3N4O2S/c1-33-21-12-11-18(15-29-32-23(25(26,27)28)30-31-24(32)35)14-20(21)16-34-22-10-6-5-9-19(22)13-17-7-3-2-4-8-17/h2-12,14-15H,13,16H2,1H3,(H,31,35). The zero-order valence-corrected chi connectivity index (χ0v) is 19.4. The van der Waals surface area contributed by atoms with E-state index in [1.54, 1.807) is 18.2 Å². The van der Waals surface area contributed by atoms with Crippen LogP contribution in [-0.4, -0.2) is 28.2 Å². The third-order valence-electron chi connectivity index (χ3n) is 5.12. The third-order valence-corrected chi connectivity index (χ3v) is 5.39. The van der Waals surface area contributed by atoms with Crippen molar-refractivity contribution in [1.29, 1.82) is 0 Å². The average Bonchev–Trinajstić information content (AvgIpc) is 3.23. The zero-order valence-electron chi connectivity index (χ0n) is 18.6. The molecule has 0 fully saturated rings. The Morgan fingerprint density at radius 1 is 1.00 bits per heavy atom. The van der Waals surface area contributed by atoms with Crippen LogP contribution in [0.5, 0.6) is 11.5 Å². The molecule has 0 aliphatic rings. The number of methoxy groups -OCH3 is 1. The van der Waals surface area contributed by atoms with Crippen LogP contribution in [0, 0.1) is 4.77 Å². The van der Waals surface area contributed by atoms with E-state index < -0.39 is 12.0 Å². The molecule has 10 heteroatoms. The van der Waals surface area contributed by atoms with Crippen LogP contribution < -0.4 is 9.47 Å². The molecule has 1 aromatic heterocycles. The summed E-state index contributed by atoms with van der Waals surface area (Å²) in [4.78, 5) is 0. The number of aromatic nitrogens is 3. The summed E-state index contributed by atoms with van der Waals surface area (Å²) in [5, 5.41) is 9.20. The maximum atomic E-state index is 13.1. The number of para-hydroxylation sites is 1. The molecule has 0 aliphatic heterocycles. The van der Waals surface area contributed by atoms with Crippen molar-refractivity contribution in [1.82, 2.24) is 14.9 Å². The number of rotatable bonds is 8. The first-order valence-corrected chi connectivity index (χ1v) is 11.0. The number of hydrogen-bond donors (Lipinski definition) is 1. The highest BCUT2D eigenvalue weighted by Crippen LogP contribution is 2.28. The van der Waals surface area contributed by atoms with Gasteiger partial charge in [0.2, 0.25) is 4.77 Å². The minimum absolute atomic E-state index is 0.190. The van der Waals surface area contributed by atoms with E-state index >= 15 is 0 Å². The monoisotopic (exact) mass is 498 g/mol. The number of halogens is 3. The van der Waals surface area contributed by atoms with Crippen LogP contribution in [0.3, 0.4) is 0 Å². The van der Waals surface area contributed by atoms with E-state index in [1.807, 2.05) is 42.5 Å². The highest BCUT2D eigenvalue weighted by Gasteiger charge is 2.37. The Hall–Kier alpha value is -3.92. The third kappa shape index (κ3) is 5.96. The van der Waals surface area contributed by atoms with Crippen LogP contribution in [0.2, 0.25) is 0 Å². The molecule has 1 N–H and O–H groups in total. The summed E-state index contributed by atoms with van der Waals surface area (Å²) in [6.07, 6.45) is -2.71. The molecule has 1 heterocycles. The van der Waals surface area contributed by atoms with Gasteiger partial charge in [0.05, 0.1) is 13.3 Å². The molecule has 0 amide bonds. The van der Waals surface area contributed by atoms with E-state index in [0.29, 0.717) is 28.0 Å². The maximum absolute atomic E-state index is 13.1. The van der Waals surface area contributed by atoms with Gasteiger partial charge in [-0.2, -0.15) is 22.9 Å². The van der Waals surface area contributed by atoms with Crippen LogP contribution in [0.25, 0.3) is 0 Å². The van der Waals surface area contributed by atoms with E-state index in [4.69, 9.17) is 21.7 Å². The van der Waals surface area contributed by atoms with Crippen molar-refractivity contribution in [2.45, 2.75) is 19.2 Å². The highest BCUT2D eigenvalue weighted by atomic mass is 32.1. The van der Waals surface area contributed by atoms with Gasteiger partial charge in [0.1, 0.15) is 18.1 Å². The Morgan fingerprint density at radius 3 is 2.49 bits per heavy atom. The fourth-order valence-electron chi connectivity index (χ4n) is 3.46. The molecule has 0 radical (unpaired) electrons. The van der Waals surface area contributed by atoms with Gasteiger partial charge in [-0.1, -0.05) is 48.5 Å². The summed E-state index contributed by atoms with van der Waals surface area (Å²) in [6.45, 7) is 0.190. The van der Waals surface area contributed by atoms with E-state index in [2.05, 4.69) is 27.4 Å². The van der Waals surface area contributed by atoms with Gasteiger partial charge in [-0.3, -0.25) is 0 Å². The second kappa shape index (κ2) is 10.6. The number of alkyl halides is 3. The second-order valence-electron chi connectivity index (χ2n) is 7.54. The second-order valence-corrected chi connectivity index (χ2v) is 7.92. The summed E-state index contributed by atoms with van der Waals surface area (Å²) in [5.74, 6) is 0.0847. The van der Waals surface area contributed by atoms with Gasteiger partial charge in [0.25, 0.3) is 5.82 Å². The van der Waals surface area contributed by atoms with E-state index in [1.165, 1.54) is 13.3 Å². The van der Waals surface area contributed by atoms with Gasteiger partial charge < -0.3 is 9.47 Å². The summed E-state index contributed by atoms with van der Waals surface area (Å²) in [5.41, 5.74) is 3.44. The number of ether oxygens (including phenoxy) is 2. The fourth-order valence-corrected chi connectivity index (χ4v) is 3.64. The molecule has 0 atom stereocenters. The number of nitrogens with one attached hydrogen (secondary N) is 1. The molecular formula is C25H21F3N4O2S. The van der Waals surface area contributed by atoms with Crippen molar-refractivity contribution < 1.29 is 22.6 Å². The van der Waals surface area contributed by atoms with Crippen molar-refractivity contribution in [3.63, 3.8) is 0 Å². The normalized spacial score (nSPS) is 11.7. The van der Waals surface area contributed by atoms with E-state index in [9.17, 15) is 13.2 Å². The number of aromatic amines is 1. The quantitative estimate of drug-likeness (QED) is 0.238. The van der Waals surface area contributed by atoms with Crippen molar-refractivity contribution in [2.75, 3.05) is 7.11 Å². The molecule has 0 saturated carbocycles. The smallest absolute Gasteiger partial charge is 0.453 e. The molecule has 4 rings (SSSR count). The molecule has 6 nitrogen and oxygen atoms in total. The largest absolute Gasteiger partial charge is 0.496 e. The minimum atomic E-state index is -4.70. The molecule has 180 valence electrons. The summed E-state index contributed by atoms with van der Waals surface area (Å²) in [7, 11) is 1.54. The van der Waals surface area contributed by atoms with Crippen LogP contribution in [0.1, 0.15) is 28.1 Å². The van der Waals surface area contributed by atoms with Crippen LogP contribution >= 0.6 is 12.2 Å². The van der Waals surface area contributed by atoms with Crippen molar-refractivity contribution >= 4 is 18.4 Å². The summed E-state index contributed by atoms with van der Waals surface area (Å²) < 4.78 is 51.2. The Morgan fingerprint density at radius 2 is 1.74 bits per heavy atom. The van der Waals surface area contributed by atoms with Crippen LogP contribution in [-0.2, 0) is 19.2 Å². The van der Waals surface area contributed by atoms with Gasteiger partial charge in [0.15, 0.2) is 0 Å². The number of benzene rings is 3. The molecule has 35 heavy (non-hydrogen) atoms. The molecule has 4 aromatic rings. The van der Waals surface area contributed by atoms with Gasteiger partial charge >= 0.3 is 6.18 Å². The van der Waals surface area contributed by atoms with Crippen LogP contribution in [0.15, 0.2) is 77.9 Å². The first kappa shape index (κ1) is 24.2. The molecule has 0 bridgehead atoms. The number of nitrogens with zero attached hydrogens (tertiary/aromatic N) is 3. The maximum Gasteiger partial charge on any atom is 0.453 e. The lowest BCUT2D eigenvalue weighted by Gasteiger charge is -2.14. The average molecular weight is 499 g/mol. The Kier molecular flexibility index (Phi) is 7.31. The van der Waals surface area contributed by atoms with Crippen molar-refractivity contribution in [2.24, 2.45) is 5.10 Å². The fraction of sp³-hybridized carbons (Fsp3) is 0.160. The molecular weight excluding hydrogens is 477 g/mol. The highest BCUT2D eigenvalue weighted by molar-refractivity contribution is 7.71. The minimum Gasteiger partial charge on any atom is -0.496 e. The lowest BCUT2D eigenvalue weighted by atomic mass is 10.0. The predicted octanol–water partition coefficient (Wildman–Crippen LogP) is 6.02.